The molecule has 0 heterocycles. The molecule has 67 heavy (non-hydrogen) atoms. The van der Waals surface area contributed by atoms with Crippen LogP contribution in [0.2, 0.25) is 0 Å². The van der Waals surface area contributed by atoms with Gasteiger partial charge in [0.15, 0.2) is 0 Å². The topological polar surface area (TPSA) is 0 Å². The van der Waals surface area contributed by atoms with Crippen LogP contribution in [0.15, 0.2) is 30.3 Å². The second-order valence-electron chi connectivity index (χ2n) is 22.7. The number of rotatable bonds is 60. The van der Waals surface area contributed by atoms with Gasteiger partial charge in [-0.25, -0.2) is 0 Å². The molecule has 0 saturated carbocycles. The van der Waals surface area contributed by atoms with E-state index in [1.165, 1.54) is 391 Å². The zero-order valence-corrected chi connectivity index (χ0v) is 46.8. The second kappa shape index (κ2) is 59.5. The van der Waals surface area contributed by atoms with E-state index in [0.29, 0.717) is 0 Å². The standard InChI is InChI=1S/C67H128/c1-2-3-4-5-6-7-8-9-10-11-12-13-14-15-16-17-18-19-20-21-22-23-24-25-26-27-28-29-30-31-32-33-34-35-36-37-38-39-40-41-42-43-44-45-46-47-48-49-50-51-52-53-54-55-56-57-58-59-61-64-67-65-62-60-63-66-67/h60,62-63,65-66H,2-59,61,64H2,1H3. The Morgan fingerprint density at radius 3 is 0.448 bits per heavy atom. The van der Waals surface area contributed by atoms with Crippen molar-refractivity contribution in [3.63, 3.8) is 0 Å². The minimum atomic E-state index is 1.26. The van der Waals surface area contributed by atoms with E-state index < -0.39 is 0 Å². The third kappa shape index (κ3) is 56.0. The molecule has 0 aliphatic rings. The van der Waals surface area contributed by atoms with Crippen LogP contribution in [0.25, 0.3) is 0 Å². The predicted octanol–water partition coefficient (Wildman–Crippen LogP) is 25.3. The molecule has 396 valence electrons. The van der Waals surface area contributed by atoms with E-state index in [1.54, 1.807) is 0 Å². The summed E-state index contributed by atoms with van der Waals surface area (Å²) in [4.78, 5) is 0. The maximum Gasteiger partial charge on any atom is -0.0279 e. The van der Waals surface area contributed by atoms with Crippen LogP contribution in [0.3, 0.4) is 0 Å². The highest BCUT2D eigenvalue weighted by molar-refractivity contribution is 5.14. The summed E-state index contributed by atoms with van der Waals surface area (Å²) in [5.41, 5.74) is 1.51. The van der Waals surface area contributed by atoms with Gasteiger partial charge in [-0.05, 0) is 18.4 Å². The zero-order valence-electron chi connectivity index (χ0n) is 46.8. The van der Waals surface area contributed by atoms with E-state index in [-0.39, 0.29) is 0 Å². The van der Waals surface area contributed by atoms with Crippen LogP contribution in [0.5, 0.6) is 0 Å². The van der Waals surface area contributed by atoms with E-state index in [9.17, 15) is 0 Å². The number of hydrogen-bond acceptors (Lipinski definition) is 0. The van der Waals surface area contributed by atoms with Gasteiger partial charge in [0.05, 0.1) is 0 Å². The molecule has 0 N–H and O–H groups in total. The van der Waals surface area contributed by atoms with Crippen LogP contribution in [-0.4, -0.2) is 0 Å². The molecule has 0 saturated heterocycles. The average Bonchev–Trinajstić information content (AvgIpc) is 3.35. The molecule has 0 heteroatoms. The number of benzene rings is 1. The Morgan fingerprint density at radius 1 is 0.164 bits per heavy atom. The fourth-order valence-corrected chi connectivity index (χ4v) is 11.1. The van der Waals surface area contributed by atoms with Crippen molar-refractivity contribution in [3.05, 3.63) is 35.9 Å². The molecule has 1 aromatic rings. The zero-order chi connectivity index (χ0) is 47.5. The molecule has 1 rings (SSSR count). The molecule has 0 aliphatic heterocycles. The summed E-state index contributed by atoms with van der Waals surface area (Å²) in [7, 11) is 0. The Balaban J connectivity index is 1.59. The Kier molecular flexibility index (Phi) is 57.1. The Hall–Kier alpha value is -0.780. The van der Waals surface area contributed by atoms with Crippen molar-refractivity contribution in [2.45, 2.75) is 392 Å². The fraction of sp³-hybridized carbons (Fsp3) is 0.910. The summed E-state index contributed by atoms with van der Waals surface area (Å²) >= 11 is 0. The Bertz CT molecular complexity index is 964. The number of hydrogen-bond donors (Lipinski definition) is 0. The van der Waals surface area contributed by atoms with Gasteiger partial charge in [-0.1, -0.05) is 410 Å². The minimum Gasteiger partial charge on any atom is -0.0654 e. The van der Waals surface area contributed by atoms with Crippen molar-refractivity contribution in [3.8, 4) is 0 Å². The van der Waals surface area contributed by atoms with Crippen LogP contribution >= 0.6 is 0 Å². The highest BCUT2D eigenvalue weighted by atomic mass is 14.1. The molecule has 0 atom stereocenters. The first-order chi connectivity index (χ1) is 33.4. The third-order valence-electron chi connectivity index (χ3n) is 15.9. The Labute approximate surface area is 426 Å². The fourth-order valence-electron chi connectivity index (χ4n) is 11.1. The van der Waals surface area contributed by atoms with Gasteiger partial charge in [0, 0.05) is 0 Å². The molecule has 0 aromatic heterocycles. The Morgan fingerprint density at radius 2 is 0.299 bits per heavy atom. The average molecular weight is 934 g/mol. The molecule has 0 fully saturated rings. The molecular weight excluding hydrogens is 805 g/mol. The van der Waals surface area contributed by atoms with Gasteiger partial charge in [0.2, 0.25) is 0 Å². The third-order valence-corrected chi connectivity index (χ3v) is 15.9. The van der Waals surface area contributed by atoms with Crippen LogP contribution in [0.4, 0.5) is 0 Å². The molecule has 0 amide bonds. The van der Waals surface area contributed by atoms with Crippen molar-refractivity contribution in [2.75, 3.05) is 0 Å². The van der Waals surface area contributed by atoms with E-state index in [4.69, 9.17) is 0 Å². The minimum absolute atomic E-state index is 1.26. The van der Waals surface area contributed by atoms with Crippen LogP contribution < -0.4 is 0 Å². The monoisotopic (exact) mass is 933 g/mol. The maximum atomic E-state index is 2.31. The van der Waals surface area contributed by atoms with Gasteiger partial charge in [0.1, 0.15) is 0 Å². The van der Waals surface area contributed by atoms with Crippen molar-refractivity contribution < 1.29 is 0 Å². The van der Waals surface area contributed by atoms with Crippen molar-refractivity contribution in [1.29, 1.82) is 0 Å². The van der Waals surface area contributed by atoms with Crippen molar-refractivity contribution in [2.24, 2.45) is 0 Å². The highest BCUT2D eigenvalue weighted by Crippen LogP contribution is 2.20. The summed E-state index contributed by atoms with van der Waals surface area (Å²) in [5, 5.41) is 0. The van der Waals surface area contributed by atoms with Gasteiger partial charge in [0.25, 0.3) is 0 Å². The summed E-state index contributed by atoms with van der Waals surface area (Å²) < 4.78 is 0. The van der Waals surface area contributed by atoms with Gasteiger partial charge in [-0.2, -0.15) is 0 Å². The highest BCUT2D eigenvalue weighted by Gasteiger charge is 2.00. The largest absolute Gasteiger partial charge is 0.0654 e. The molecule has 0 spiro atoms. The van der Waals surface area contributed by atoms with E-state index >= 15 is 0 Å². The number of aryl methyl sites for hydroxylation is 1. The summed E-state index contributed by atoms with van der Waals surface area (Å²) in [6, 6.07) is 11.0. The maximum absolute atomic E-state index is 2.31. The predicted molar refractivity (Wildman–Crippen MR) is 308 cm³/mol. The molecule has 0 bridgehead atoms. The molecule has 0 unspecified atom stereocenters. The SMILES string of the molecule is CCCCCCCCCCCCCCCCCCCCCCCCCCCCCCCCCCCCCCCCCCCCCCCCCCCCCCCCCCCCCc1ccccc1. The quantitative estimate of drug-likeness (QED) is 0.0571. The molecular formula is C67H128. The summed E-state index contributed by atoms with van der Waals surface area (Å²) in [5.74, 6) is 0. The van der Waals surface area contributed by atoms with Crippen LogP contribution in [0.1, 0.15) is 391 Å². The van der Waals surface area contributed by atoms with E-state index in [2.05, 4.69) is 37.3 Å². The first kappa shape index (κ1) is 64.2. The summed E-state index contributed by atoms with van der Waals surface area (Å²) in [6.07, 6.45) is 88.8. The molecule has 0 radical (unpaired) electrons. The smallest absolute Gasteiger partial charge is 0.0279 e. The second-order valence-corrected chi connectivity index (χ2v) is 22.7. The van der Waals surface area contributed by atoms with Gasteiger partial charge in [-0.15, -0.1) is 0 Å². The first-order valence-electron chi connectivity index (χ1n) is 32.5. The van der Waals surface area contributed by atoms with Crippen LogP contribution in [-0.2, 0) is 6.42 Å². The van der Waals surface area contributed by atoms with Crippen molar-refractivity contribution in [1.82, 2.24) is 0 Å². The lowest BCUT2D eigenvalue weighted by molar-refractivity contribution is 0.507. The first-order valence-corrected chi connectivity index (χ1v) is 32.5. The molecule has 1 aromatic carbocycles. The van der Waals surface area contributed by atoms with Crippen LogP contribution in [0, 0.1) is 0 Å². The summed E-state index contributed by atoms with van der Waals surface area (Å²) in [6.45, 7) is 2.31. The normalized spacial score (nSPS) is 11.7. The van der Waals surface area contributed by atoms with Gasteiger partial charge in [-0.3, -0.25) is 0 Å². The number of unbranched alkanes of at least 4 members (excludes halogenated alkanes) is 58. The van der Waals surface area contributed by atoms with E-state index in [0.717, 1.165) is 0 Å². The molecule has 0 nitrogen and oxygen atoms in total. The lowest BCUT2D eigenvalue weighted by Gasteiger charge is -2.05. The van der Waals surface area contributed by atoms with Gasteiger partial charge < -0.3 is 0 Å². The lowest BCUT2D eigenvalue weighted by Crippen LogP contribution is -1.86. The lowest BCUT2D eigenvalue weighted by atomic mass is 10.0. The molecule has 0 aliphatic carbocycles. The van der Waals surface area contributed by atoms with E-state index in [1.807, 2.05) is 0 Å². The van der Waals surface area contributed by atoms with Gasteiger partial charge >= 0.3 is 0 Å². The van der Waals surface area contributed by atoms with Crippen molar-refractivity contribution >= 4 is 0 Å².